The molecule has 0 aliphatic rings. The molecule has 1 rings (SSSR count). The summed E-state index contributed by atoms with van der Waals surface area (Å²) in [6.45, 7) is 5.10. The lowest BCUT2D eigenvalue weighted by atomic mass is 10.1. The van der Waals surface area contributed by atoms with Crippen molar-refractivity contribution in [2.45, 2.75) is 13.8 Å². The molecule has 1 unspecified atom stereocenters. The fraction of sp³-hybridized carbons (Fsp3) is 0.455. The van der Waals surface area contributed by atoms with Gasteiger partial charge in [0.2, 0.25) is 0 Å². The van der Waals surface area contributed by atoms with E-state index in [2.05, 4.69) is 28.2 Å². The normalized spacial score (nSPS) is 12.6. The maximum absolute atomic E-state index is 8.89. The smallest absolute Gasteiger partial charge is 0.0473 e. The number of hydrogen-bond acceptors (Lipinski definition) is 2. The number of anilines is 1. The van der Waals surface area contributed by atoms with Crippen molar-refractivity contribution in [2.24, 2.45) is 5.92 Å². The first-order valence-electron chi connectivity index (χ1n) is 4.75. The van der Waals surface area contributed by atoms with Crippen LogP contribution in [0.1, 0.15) is 12.5 Å². The molecule has 0 saturated heterocycles. The van der Waals surface area contributed by atoms with Crippen LogP contribution in [0, 0.1) is 12.8 Å². The summed E-state index contributed by atoms with van der Waals surface area (Å²) >= 11 is 3.48. The van der Waals surface area contributed by atoms with Crippen LogP contribution in [-0.4, -0.2) is 18.3 Å². The molecule has 0 aromatic heterocycles. The molecule has 0 aliphatic carbocycles. The van der Waals surface area contributed by atoms with Gasteiger partial charge in [-0.3, -0.25) is 0 Å². The highest BCUT2D eigenvalue weighted by Gasteiger charge is 2.03. The topological polar surface area (TPSA) is 32.3 Å². The summed E-state index contributed by atoms with van der Waals surface area (Å²) in [5.74, 6) is 0.286. The zero-order valence-electron chi connectivity index (χ0n) is 8.55. The number of aliphatic hydroxyl groups excluding tert-OH is 1. The van der Waals surface area contributed by atoms with Crippen molar-refractivity contribution in [2.75, 3.05) is 18.5 Å². The van der Waals surface area contributed by atoms with Crippen molar-refractivity contribution in [3.05, 3.63) is 28.2 Å². The standard InChI is InChI=1S/C11H16BrNO/c1-8(7-14)6-13-11-5-3-4-10(12)9(11)2/h3-5,8,13-14H,6-7H2,1-2H3. The summed E-state index contributed by atoms with van der Waals surface area (Å²) in [6.07, 6.45) is 0. The number of rotatable bonds is 4. The average Bonchev–Trinajstić information content (AvgIpc) is 2.20. The van der Waals surface area contributed by atoms with Crippen molar-refractivity contribution >= 4 is 21.6 Å². The lowest BCUT2D eigenvalue weighted by Gasteiger charge is -2.13. The van der Waals surface area contributed by atoms with Crippen LogP contribution in [0.5, 0.6) is 0 Å². The van der Waals surface area contributed by atoms with E-state index in [1.165, 1.54) is 5.56 Å². The van der Waals surface area contributed by atoms with Crippen molar-refractivity contribution in [3.8, 4) is 0 Å². The van der Waals surface area contributed by atoms with Crippen molar-refractivity contribution in [1.29, 1.82) is 0 Å². The minimum absolute atomic E-state index is 0.222. The van der Waals surface area contributed by atoms with Gasteiger partial charge >= 0.3 is 0 Å². The molecule has 78 valence electrons. The van der Waals surface area contributed by atoms with Gasteiger partial charge in [0, 0.05) is 23.3 Å². The van der Waals surface area contributed by atoms with Gasteiger partial charge in [-0.1, -0.05) is 28.9 Å². The maximum atomic E-state index is 8.89. The van der Waals surface area contributed by atoms with Gasteiger partial charge < -0.3 is 10.4 Å². The summed E-state index contributed by atoms with van der Waals surface area (Å²) in [6, 6.07) is 6.07. The second-order valence-electron chi connectivity index (χ2n) is 3.58. The van der Waals surface area contributed by atoms with Gasteiger partial charge in [0.15, 0.2) is 0 Å². The molecule has 2 N–H and O–H groups in total. The van der Waals surface area contributed by atoms with E-state index >= 15 is 0 Å². The lowest BCUT2D eigenvalue weighted by molar-refractivity contribution is 0.244. The highest BCUT2D eigenvalue weighted by molar-refractivity contribution is 9.10. The summed E-state index contributed by atoms with van der Waals surface area (Å²) in [7, 11) is 0. The van der Waals surface area contributed by atoms with E-state index in [1.54, 1.807) is 0 Å². The van der Waals surface area contributed by atoms with Gasteiger partial charge in [-0.05, 0) is 30.5 Å². The van der Waals surface area contributed by atoms with Crippen LogP contribution in [0.25, 0.3) is 0 Å². The van der Waals surface area contributed by atoms with Crippen LogP contribution in [0.2, 0.25) is 0 Å². The second kappa shape index (κ2) is 5.37. The van der Waals surface area contributed by atoms with Crippen LogP contribution in [0.3, 0.4) is 0 Å². The molecule has 0 radical (unpaired) electrons. The first-order chi connectivity index (χ1) is 6.65. The molecule has 2 nitrogen and oxygen atoms in total. The summed E-state index contributed by atoms with van der Waals surface area (Å²) in [4.78, 5) is 0. The van der Waals surface area contributed by atoms with Crippen molar-refractivity contribution < 1.29 is 5.11 Å². The minimum atomic E-state index is 0.222. The number of nitrogens with one attached hydrogen (secondary N) is 1. The molecule has 3 heteroatoms. The maximum Gasteiger partial charge on any atom is 0.0473 e. The van der Waals surface area contributed by atoms with Gasteiger partial charge in [0.25, 0.3) is 0 Å². The molecular formula is C11H16BrNO. The first-order valence-corrected chi connectivity index (χ1v) is 5.54. The summed E-state index contributed by atoms with van der Waals surface area (Å²) in [5, 5.41) is 12.2. The average molecular weight is 258 g/mol. The summed E-state index contributed by atoms with van der Waals surface area (Å²) in [5.41, 5.74) is 2.33. The molecule has 14 heavy (non-hydrogen) atoms. The third-order valence-electron chi connectivity index (χ3n) is 2.22. The van der Waals surface area contributed by atoms with E-state index in [9.17, 15) is 0 Å². The van der Waals surface area contributed by atoms with E-state index in [0.29, 0.717) is 0 Å². The number of benzene rings is 1. The first kappa shape index (κ1) is 11.5. The SMILES string of the molecule is Cc1c(Br)cccc1NCC(C)CO. The number of halogens is 1. The molecule has 0 saturated carbocycles. The van der Waals surface area contributed by atoms with E-state index in [4.69, 9.17) is 5.11 Å². The predicted octanol–water partition coefficient (Wildman–Crippen LogP) is 2.80. The van der Waals surface area contributed by atoms with E-state index in [-0.39, 0.29) is 12.5 Å². The molecule has 0 aliphatic heterocycles. The Morgan fingerprint density at radius 1 is 1.50 bits per heavy atom. The van der Waals surface area contributed by atoms with Crippen LogP contribution in [0.4, 0.5) is 5.69 Å². The molecule has 1 aromatic carbocycles. The quantitative estimate of drug-likeness (QED) is 0.870. The van der Waals surface area contributed by atoms with E-state index in [1.807, 2.05) is 25.1 Å². The van der Waals surface area contributed by atoms with Crippen molar-refractivity contribution in [1.82, 2.24) is 0 Å². The van der Waals surface area contributed by atoms with E-state index in [0.717, 1.165) is 16.7 Å². The van der Waals surface area contributed by atoms with Crippen LogP contribution in [0.15, 0.2) is 22.7 Å². The van der Waals surface area contributed by atoms with Crippen molar-refractivity contribution in [3.63, 3.8) is 0 Å². The largest absolute Gasteiger partial charge is 0.396 e. The van der Waals surface area contributed by atoms with Gasteiger partial charge in [0.05, 0.1) is 0 Å². The third-order valence-corrected chi connectivity index (χ3v) is 3.08. The zero-order chi connectivity index (χ0) is 10.6. The van der Waals surface area contributed by atoms with Crippen LogP contribution >= 0.6 is 15.9 Å². The van der Waals surface area contributed by atoms with Crippen LogP contribution < -0.4 is 5.32 Å². The summed E-state index contributed by atoms with van der Waals surface area (Å²) < 4.78 is 1.11. The Hall–Kier alpha value is -0.540. The van der Waals surface area contributed by atoms with Gasteiger partial charge in [0.1, 0.15) is 0 Å². The molecule has 0 bridgehead atoms. The van der Waals surface area contributed by atoms with Crippen LogP contribution in [-0.2, 0) is 0 Å². The molecule has 0 heterocycles. The molecule has 0 fully saturated rings. The Morgan fingerprint density at radius 3 is 2.86 bits per heavy atom. The Bertz CT molecular complexity index is 301. The highest BCUT2D eigenvalue weighted by Crippen LogP contribution is 2.23. The third kappa shape index (κ3) is 3.00. The number of hydrogen-bond donors (Lipinski definition) is 2. The second-order valence-corrected chi connectivity index (χ2v) is 4.44. The molecule has 1 aromatic rings. The zero-order valence-corrected chi connectivity index (χ0v) is 10.1. The molecular weight excluding hydrogens is 242 g/mol. The molecule has 0 amide bonds. The Kier molecular flexibility index (Phi) is 4.42. The van der Waals surface area contributed by atoms with Gasteiger partial charge in [-0.25, -0.2) is 0 Å². The Labute approximate surface area is 93.5 Å². The Balaban J connectivity index is 2.63. The number of aliphatic hydroxyl groups is 1. The fourth-order valence-corrected chi connectivity index (χ4v) is 1.51. The monoisotopic (exact) mass is 257 g/mol. The van der Waals surface area contributed by atoms with Gasteiger partial charge in [-0.2, -0.15) is 0 Å². The Morgan fingerprint density at radius 2 is 2.21 bits per heavy atom. The predicted molar refractivity (Wildman–Crippen MR) is 63.6 cm³/mol. The highest BCUT2D eigenvalue weighted by atomic mass is 79.9. The lowest BCUT2D eigenvalue weighted by Crippen LogP contribution is -2.14. The minimum Gasteiger partial charge on any atom is -0.396 e. The molecule has 1 atom stereocenters. The molecule has 0 spiro atoms. The van der Waals surface area contributed by atoms with Gasteiger partial charge in [-0.15, -0.1) is 0 Å². The van der Waals surface area contributed by atoms with E-state index < -0.39 is 0 Å². The fourth-order valence-electron chi connectivity index (χ4n) is 1.15.